The van der Waals surface area contributed by atoms with E-state index in [0.717, 1.165) is 37.2 Å². The molecule has 4 aromatic rings. The van der Waals surface area contributed by atoms with E-state index in [4.69, 9.17) is 19.3 Å². The number of ketones is 2. The van der Waals surface area contributed by atoms with Crippen molar-refractivity contribution in [2.24, 2.45) is 0 Å². The minimum Gasteiger partial charge on any atom is -0.494 e. The molecular formula is C46H53BrO12. The summed E-state index contributed by atoms with van der Waals surface area (Å²) < 4.78 is 25.4. The molecule has 0 radical (unpaired) electrons. The SMILES string of the molecule is CCCCCCOc1ccc(C(=O)CBr)cc1.CCCCCCOc1ccc(C(=O)COC(=O)c2ccc(C(=O)OC)cc2)cc1.COC(=O)c1ccc(C(=O)O)cc1. The van der Waals surface area contributed by atoms with Crippen molar-refractivity contribution in [1.29, 1.82) is 0 Å². The number of esters is 3. The summed E-state index contributed by atoms with van der Waals surface area (Å²) in [5.74, 6) is -1.28. The Kier molecular flexibility index (Phi) is 23.9. The summed E-state index contributed by atoms with van der Waals surface area (Å²) in [6.07, 6.45) is 9.35. The van der Waals surface area contributed by atoms with E-state index in [9.17, 15) is 28.8 Å². The number of Topliss-reactive ketones (excluding diaryl/α,β-unsaturated/α-hetero) is 2. The van der Waals surface area contributed by atoms with E-state index in [1.165, 1.54) is 94.9 Å². The Bertz CT molecular complexity index is 1890. The van der Waals surface area contributed by atoms with Crippen LogP contribution in [0.25, 0.3) is 0 Å². The maximum Gasteiger partial charge on any atom is 0.338 e. The van der Waals surface area contributed by atoms with Gasteiger partial charge in [-0.15, -0.1) is 0 Å². The van der Waals surface area contributed by atoms with Gasteiger partial charge >= 0.3 is 23.9 Å². The molecule has 59 heavy (non-hydrogen) atoms. The number of carboxylic acids is 1. The molecule has 0 aliphatic rings. The number of benzene rings is 4. The Labute approximate surface area is 354 Å². The Balaban J connectivity index is 0.000000337. The van der Waals surface area contributed by atoms with Gasteiger partial charge < -0.3 is 28.8 Å². The first-order valence-electron chi connectivity index (χ1n) is 19.3. The highest BCUT2D eigenvalue weighted by atomic mass is 79.9. The van der Waals surface area contributed by atoms with Crippen molar-refractivity contribution >= 4 is 51.4 Å². The number of methoxy groups -OCH3 is 2. The molecule has 316 valence electrons. The molecule has 0 aliphatic carbocycles. The van der Waals surface area contributed by atoms with Crippen molar-refractivity contribution < 1.29 is 57.6 Å². The van der Waals surface area contributed by atoms with Crippen LogP contribution in [-0.2, 0) is 14.2 Å². The molecule has 0 atom stereocenters. The largest absolute Gasteiger partial charge is 0.494 e. The normalized spacial score (nSPS) is 10.1. The molecule has 13 heteroatoms. The number of aromatic carboxylic acids is 1. The third-order valence-corrected chi connectivity index (χ3v) is 8.95. The van der Waals surface area contributed by atoms with Gasteiger partial charge in [0.1, 0.15) is 11.5 Å². The first kappa shape index (κ1) is 49.3. The van der Waals surface area contributed by atoms with Gasteiger partial charge in [-0.2, -0.15) is 0 Å². The fraction of sp³-hybridized carbons (Fsp3) is 0.348. The molecule has 0 unspecified atom stereocenters. The van der Waals surface area contributed by atoms with Gasteiger partial charge in [-0.3, -0.25) is 9.59 Å². The van der Waals surface area contributed by atoms with Crippen molar-refractivity contribution in [1.82, 2.24) is 0 Å². The first-order chi connectivity index (χ1) is 28.5. The predicted molar refractivity (Wildman–Crippen MR) is 227 cm³/mol. The van der Waals surface area contributed by atoms with E-state index in [0.29, 0.717) is 34.4 Å². The topological polar surface area (TPSA) is 169 Å². The first-order valence-corrected chi connectivity index (χ1v) is 20.4. The lowest BCUT2D eigenvalue weighted by Gasteiger charge is -2.08. The van der Waals surface area contributed by atoms with Crippen molar-refractivity contribution in [3.05, 3.63) is 130 Å². The Hall–Kier alpha value is -5.82. The predicted octanol–water partition coefficient (Wildman–Crippen LogP) is 9.87. The molecule has 0 heterocycles. The smallest absolute Gasteiger partial charge is 0.338 e. The molecule has 0 aliphatic heterocycles. The van der Waals surface area contributed by atoms with Crippen LogP contribution < -0.4 is 9.47 Å². The molecule has 4 rings (SSSR count). The van der Waals surface area contributed by atoms with Gasteiger partial charge in [0, 0.05) is 11.1 Å². The lowest BCUT2D eigenvalue weighted by molar-refractivity contribution is 0.0474. The van der Waals surface area contributed by atoms with E-state index in [1.54, 1.807) is 24.3 Å². The van der Waals surface area contributed by atoms with Gasteiger partial charge in [-0.25, -0.2) is 19.2 Å². The molecule has 0 bridgehead atoms. The number of rotatable bonds is 21. The number of hydrogen-bond donors (Lipinski definition) is 1. The van der Waals surface area contributed by atoms with Gasteiger partial charge in [-0.05, 0) is 110 Å². The zero-order chi connectivity index (χ0) is 43.4. The van der Waals surface area contributed by atoms with Gasteiger partial charge in [0.05, 0.1) is 55.0 Å². The van der Waals surface area contributed by atoms with E-state index in [2.05, 4.69) is 39.3 Å². The van der Waals surface area contributed by atoms with E-state index in [1.807, 2.05) is 24.3 Å². The number of carbonyl (C=O) groups is 6. The average Bonchev–Trinajstić information content (AvgIpc) is 3.28. The second-order valence-corrected chi connectivity index (χ2v) is 13.4. The number of ether oxygens (including phenoxy) is 5. The van der Waals surface area contributed by atoms with Crippen molar-refractivity contribution in [2.45, 2.75) is 65.2 Å². The van der Waals surface area contributed by atoms with Crippen LogP contribution in [0, 0.1) is 0 Å². The minimum absolute atomic E-state index is 0.0968. The number of halogens is 1. The third-order valence-electron chi connectivity index (χ3n) is 8.44. The molecule has 4 aromatic carbocycles. The lowest BCUT2D eigenvalue weighted by atomic mass is 10.1. The Morgan fingerprint density at radius 3 is 1.19 bits per heavy atom. The number of alkyl halides is 1. The van der Waals surface area contributed by atoms with Crippen molar-refractivity contribution in [2.75, 3.05) is 39.4 Å². The quantitative estimate of drug-likeness (QED) is 0.0277. The molecule has 12 nitrogen and oxygen atoms in total. The summed E-state index contributed by atoms with van der Waals surface area (Å²) >= 11 is 3.16. The second kappa shape index (κ2) is 28.6. The van der Waals surface area contributed by atoms with E-state index >= 15 is 0 Å². The standard InChI is InChI=1S/C23H26O6.C14H19BrO2.C9H8O4/c1-3-4-5-6-15-28-20-13-11-17(12-14-20)21(24)16-29-23(26)19-9-7-18(8-10-19)22(25)27-2;1-2-3-4-5-10-17-13-8-6-12(7-9-13)14(16)11-15;1-13-9(12)7-4-2-6(3-5-7)8(10)11/h7-14H,3-6,15-16H2,1-2H3;6-9H,2-5,10-11H2,1H3;2-5H,1H3,(H,10,11). The fourth-order valence-corrected chi connectivity index (χ4v) is 5.34. The average molecular weight is 878 g/mol. The highest BCUT2D eigenvalue weighted by molar-refractivity contribution is 9.09. The van der Waals surface area contributed by atoms with Crippen LogP contribution >= 0.6 is 15.9 Å². The molecular weight excluding hydrogens is 824 g/mol. The maximum absolute atomic E-state index is 12.2. The zero-order valence-electron chi connectivity index (χ0n) is 34.0. The second-order valence-electron chi connectivity index (χ2n) is 12.9. The Morgan fingerprint density at radius 2 is 0.831 bits per heavy atom. The van der Waals surface area contributed by atoms with Gasteiger partial charge in [0.15, 0.2) is 18.2 Å². The summed E-state index contributed by atoms with van der Waals surface area (Å²) in [4.78, 5) is 68.4. The third kappa shape index (κ3) is 19.0. The van der Waals surface area contributed by atoms with Crippen LogP contribution in [0.15, 0.2) is 97.1 Å². The van der Waals surface area contributed by atoms with Crippen LogP contribution in [0.2, 0.25) is 0 Å². The van der Waals surface area contributed by atoms with Crippen LogP contribution in [0.1, 0.15) is 127 Å². The molecule has 0 spiro atoms. The Morgan fingerprint density at radius 1 is 0.475 bits per heavy atom. The molecule has 0 fully saturated rings. The lowest BCUT2D eigenvalue weighted by Crippen LogP contribution is -2.14. The fourth-order valence-electron chi connectivity index (χ4n) is 5.01. The van der Waals surface area contributed by atoms with Gasteiger partial charge in [0.25, 0.3) is 0 Å². The monoisotopic (exact) mass is 876 g/mol. The van der Waals surface area contributed by atoms with Gasteiger partial charge in [-0.1, -0.05) is 68.3 Å². The highest BCUT2D eigenvalue weighted by Gasteiger charge is 2.14. The molecule has 1 N–H and O–H groups in total. The van der Waals surface area contributed by atoms with Crippen molar-refractivity contribution in [3.63, 3.8) is 0 Å². The zero-order valence-corrected chi connectivity index (χ0v) is 35.6. The summed E-state index contributed by atoms with van der Waals surface area (Å²) in [7, 11) is 2.55. The maximum atomic E-state index is 12.2. The van der Waals surface area contributed by atoms with E-state index < -0.39 is 23.9 Å². The summed E-state index contributed by atoms with van der Waals surface area (Å²) in [5.41, 5.74) is 2.22. The van der Waals surface area contributed by atoms with Crippen LogP contribution in [-0.4, -0.2) is 79.9 Å². The molecule has 0 saturated carbocycles. The number of carboxylic acid groups (broad SMARTS) is 1. The van der Waals surface area contributed by atoms with Crippen LogP contribution in [0.4, 0.5) is 0 Å². The van der Waals surface area contributed by atoms with E-state index in [-0.39, 0.29) is 29.3 Å². The van der Waals surface area contributed by atoms with Gasteiger partial charge in [0.2, 0.25) is 0 Å². The summed E-state index contributed by atoms with van der Waals surface area (Å²) in [6.45, 7) is 5.40. The van der Waals surface area contributed by atoms with Crippen LogP contribution in [0.5, 0.6) is 11.5 Å². The van der Waals surface area contributed by atoms with Crippen molar-refractivity contribution in [3.8, 4) is 11.5 Å². The molecule has 0 aromatic heterocycles. The summed E-state index contributed by atoms with van der Waals surface area (Å²) in [6, 6.07) is 25.5. The number of hydrogen-bond acceptors (Lipinski definition) is 11. The molecule has 0 amide bonds. The van der Waals surface area contributed by atoms with Crippen LogP contribution in [0.3, 0.4) is 0 Å². The molecule has 0 saturated heterocycles. The summed E-state index contributed by atoms with van der Waals surface area (Å²) in [5, 5.41) is 8.92. The number of unbranched alkanes of at least 4 members (excludes halogenated alkanes) is 6. The minimum atomic E-state index is -1.02. The highest BCUT2D eigenvalue weighted by Crippen LogP contribution is 2.16. The number of carbonyl (C=O) groups excluding carboxylic acids is 5.